The summed E-state index contributed by atoms with van der Waals surface area (Å²) in [5, 5.41) is 0. The number of hydrogen-bond acceptors (Lipinski definition) is 1. The first-order valence-corrected chi connectivity index (χ1v) is 3.83. The van der Waals surface area contributed by atoms with Gasteiger partial charge in [0.2, 0.25) is 0 Å². The summed E-state index contributed by atoms with van der Waals surface area (Å²) in [4.78, 5) is 0. The van der Waals surface area contributed by atoms with Gasteiger partial charge in [0.05, 0.1) is 6.10 Å². The van der Waals surface area contributed by atoms with E-state index < -0.39 is 0 Å². The summed E-state index contributed by atoms with van der Waals surface area (Å²) in [6.45, 7) is 5.85. The van der Waals surface area contributed by atoms with Crippen molar-refractivity contribution in [1.82, 2.24) is 0 Å². The summed E-state index contributed by atoms with van der Waals surface area (Å²) in [6, 6.07) is 0. The van der Waals surface area contributed by atoms with Crippen molar-refractivity contribution in [3.8, 4) is 0 Å². The van der Waals surface area contributed by atoms with Gasteiger partial charge in [-0.3, -0.25) is 0 Å². The van der Waals surface area contributed by atoms with Gasteiger partial charge in [-0.25, -0.2) is 0 Å². The highest BCUT2D eigenvalue weighted by molar-refractivity contribution is 5.33. The lowest BCUT2D eigenvalue weighted by atomic mass is 9.95. The molecule has 0 saturated carbocycles. The van der Waals surface area contributed by atoms with Crippen LogP contribution in [0, 0.1) is 5.92 Å². The summed E-state index contributed by atoms with van der Waals surface area (Å²) in [5.74, 6) is 0.456. The minimum absolute atomic E-state index is 0.235. The third-order valence-electron chi connectivity index (χ3n) is 1.96. The Morgan fingerprint density at radius 1 is 1.64 bits per heavy atom. The molecule has 2 unspecified atom stereocenters. The standard InChI is InChI=1S/C10H14O/c1-4-9-5-6-10(11-3)8(2)7-9/h4-8,10H,1H2,2-3H3. The molecule has 0 saturated heterocycles. The van der Waals surface area contributed by atoms with Gasteiger partial charge in [0.15, 0.2) is 0 Å². The molecule has 0 aliphatic heterocycles. The van der Waals surface area contributed by atoms with Crippen LogP contribution >= 0.6 is 0 Å². The fourth-order valence-electron chi connectivity index (χ4n) is 1.26. The Labute approximate surface area is 68.1 Å². The Morgan fingerprint density at radius 2 is 2.36 bits per heavy atom. The molecule has 1 rings (SSSR count). The first-order chi connectivity index (χ1) is 5.27. The molecule has 0 N–H and O–H groups in total. The third kappa shape index (κ3) is 1.81. The second-order valence-corrected chi connectivity index (χ2v) is 2.79. The molecular formula is C10H14O. The van der Waals surface area contributed by atoms with Crippen LogP contribution in [0.25, 0.3) is 0 Å². The largest absolute Gasteiger partial charge is 0.377 e. The van der Waals surface area contributed by atoms with Crippen LogP contribution in [0.1, 0.15) is 6.92 Å². The van der Waals surface area contributed by atoms with E-state index in [0.717, 1.165) is 0 Å². The van der Waals surface area contributed by atoms with Crippen molar-refractivity contribution in [2.24, 2.45) is 5.92 Å². The number of methoxy groups -OCH3 is 1. The van der Waals surface area contributed by atoms with Gasteiger partial charge in [-0.1, -0.05) is 37.8 Å². The highest BCUT2D eigenvalue weighted by Gasteiger charge is 2.14. The fraction of sp³-hybridized carbons (Fsp3) is 0.400. The number of rotatable bonds is 2. The Morgan fingerprint density at radius 3 is 2.82 bits per heavy atom. The Hall–Kier alpha value is -0.820. The molecule has 2 atom stereocenters. The zero-order valence-electron chi connectivity index (χ0n) is 7.08. The van der Waals surface area contributed by atoms with E-state index in [1.807, 2.05) is 12.2 Å². The van der Waals surface area contributed by atoms with Crippen molar-refractivity contribution in [2.45, 2.75) is 13.0 Å². The van der Waals surface area contributed by atoms with Crippen molar-refractivity contribution in [3.63, 3.8) is 0 Å². The summed E-state index contributed by atoms with van der Waals surface area (Å²) < 4.78 is 5.23. The topological polar surface area (TPSA) is 9.23 Å². The maximum Gasteiger partial charge on any atom is 0.0815 e. The van der Waals surface area contributed by atoms with E-state index in [1.54, 1.807) is 7.11 Å². The first kappa shape index (κ1) is 8.28. The minimum atomic E-state index is 0.235. The zero-order valence-corrected chi connectivity index (χ0v) is 7.08. The van der Waals surface area contributed by atoms with E-state index in [9.17, 15) is 0 Å². The fourth-order valence-corrected chi connectivity index (χ4v) is 1.26. The molecule has 60 valence electrons. The highest BCUT2D eigenvalue weighted by atomic mass is 16.5. The van der Waals surface area contributed by atoms with E-state index in [1.165, 1.54) is 5.57 Å². The zero-order chi connectivity index (χ0) is 8.27. The molecule has 11 heavy (non-hydrogen) atoms. The predicted octanol–water partition coefficient (Wildman–Crippen LogP) is 2.32. The second-order valence-electron chi connectivity index (χ2n) is 2.79. The lowest BCUT2D eigenvalue weighted by Gasteiger charge is -2.20. The molecular weight excluding hydrogens is 136 g/mol. The van der Waals surface area contributed by atoms with Gasteiger partial charge in [-0.05, 0) is 5.57 Å². The van der Waals surface area contributed by atoms with Gasteiger partial charge in [-0.15, -0.1) is 0 Å². The number of allylic oxidation sites excluding steroid dienone is 3. The minimum Gasteiger partial charge on any atom is -0.377 e. The normalized spacial score (nSPS) is 29.8. The van der Waals surface area contributed by atoms with E-state index >= 15 is 0 Å². The third-order valence-corrected chi connectivity index (χ3v) is 1.96. The van der Waals surface area contributed by atoms with Crippen molar-refractivity contribution < 1.29 is 4.74 Å². The molecule has 1 nitrogen and oxygen atoms in total. The summed E-state index contributed by atoms with van der Waals surface area (Å²) in [5.41, 5.74) is 1.19. The molecule has 1 aliphatic carbocycles. The Balaban J connectivity index is 2.70. The van der Waals surface area contributed by atoms with Crippen LogP contribution in [0.4, 0.5) is 0 Å². The number of hydrogen-bond donors (Lipinski definition) is 0. The highest BCUT2D eigenvalue weighted by Crippen LogP contribution is 2.19. The van der Waals surface area contributed by atoms with Gasteiger partial charge >= 0.3 is 0 Å². The summed E-state index contributed by atoms with van der Waals surface area (Å²) in [6.07, 6.45) is 8.38. The molecule has 0 spiro atoms. The average Bonchev–Trinajstić information content (AvgIpc) is 2.04. The molecule has 0 heterocycles. The Bertz CT molecular complexity index is 201. The summed E-state index contributed by atoms with van der Waals surface area (Å²) in [7, 11) is 1.73. The molecule has 0 radical (unpaired) electrons. The van der Waals surface area contributed by atoms with Crippen LogP contribution in [0.2, 0.25) is 0 Å². The molecule has 0 aromatic carbocycles. The molecule has 0 aromatic heterocycles. The quantitative estimate of drug-likeness (QED) is 0.587. The lowest BCUT2D eigenvalue weighted by Crippen LogP contribution is -2.18. The SMILES string of the molecule is C=CC1=CC(C)C(OC)C=C1. The van der Waals surface area contributed by atoms with Crippen LogP contribution in [-0.4, -0.2) is 13.2 Å². The Kier molecular flexibility index (Phi) is 2.66. The monoisotopic (exact) mass is 150 g/mol. The van der Waals surface area contributed by atoms with Crippen molar-refractivity contribution >= 4 is 0 Å². The van der Waals surface area contributed by atoms with Crippen LogP contribution in [0.15, 0.2) is 36.5 Å². The number of ether oxygens (including phenoxy) is 1. The maximum atomic E-state index is 5.23. The molecule has 0 bridgehead atoms. The van der Waals surface area contributed by atoms with Crippen molar-refractivity contribution in [2.75, 3.05) is 7.11 Å². The van der Waals surface area contributed by atoms with Gasteiger partial charge in [-0.2, -0.15) is 0 Å². The predicted molar refractivity (Wildman–Crippen MR) is 47.4 cm³/mol. The molecule has 1 aliphatic rings. The second kappa shape index (κ2) is 3.54. The van der Waals surface area contributed by atoms with E-state index in [0.29, 0.717) is 5.92 Å². The van der Waals surface area contributed by atoms with E-state index in [2.05, 4.69) is 25.7 Å². The van der Waals surface area contributed by atoms with Gasteiger partial charge in [0.25, 0.3) is 0 Å². The van der Waals surface area contributed by atoms with Crippen molar-refractivity contribution in [3.05, 3.63) is 36.5 Å². The lowest BCUT2D eigenvalue weighted by molar-refractivity contribution is 0.111. The van der Waals surface area contributed by atoms with Crippen LogP contribution < -0.4 is 0 Å². The van der Waals surface area contributed by atoms with Gasteiger partial charge in [0, 0.05) is 13.0 Å². The van der Waals surface area contributed by atoms with Crippen LogP contribution in [-0.2, 0) is 4.74 Å². The van der Waals surface area contributed by atoms with Gasteiger partial charge in [0.1, 0.15) is 0 Å². The van der Waals surface area contributed by atoms with E-state index in [4.69, 9.17) is 4.74 Å². The first-order valence-electron chi connectivity index (χ1n) is 3.83. The van der Waals surface area contributed by atoms with Crippen LogP contribution in [0.5, 0.6) is 0 Å². The van der Waals surface area contributed by atoms with Gasteiger partial charge < -0.3 is 4.74 Å². The molecule has 0 amide bonds. The molecule has 1 heteroatoms. The summed E-state index contributed by atoms with van der Waals surface area (Å²) >= 11 is 0. The van der Waals surface area contributed by atoms with Crippen LogP contribution in [0.3, 0.4) is 0 Å². The maximum absolute atomic E-state index is 5.23. The average molecular weight is 150 g/mol. The smallest absolute Gasteiger partial charge is 0.0815 e. The molecule has 0 aromatic rings. The van der Waals surface area contributed by atoms with Crippen molar-refractivity contribution in [1.29, 1.82) is 0 Å². The van der Waals surface area contributed by atoms with E-state index in [-0.39, 0.29) is 6.10 Å². The molecule has 0 fully saturated rings.